The Bertz CT molecular complexity index is 402. The second kappa shape index (κ2) is 6.40. The van der Waals surface area contributed by atoms with Gasteiger partial charge < -0.3 is 15.0 Å². The van der Waals surface area contributed by atoms with Crippen LogP contribution in [-0.2, 0) is 6.54 Å². The number of benzene rings is 1. The largest absolute Gasteiger partial charge is 0.496 e. The molecule has 0 fully saturated rings. The van der Waals surface area contributed by atoms with Gasteiger partial charge in [0, 0.05) is 18.6 Å². The molecule has 1 aromatic carbocycles. The number of aryl methyl sites for hydroxylation is 2. The zero-order chi connectivity index (χ0) is 14.6. The van der Waals surface area contributed by atoms with Crippen LogP contribution in [-0.4, -0.2) is 38.2 Å². The van der Waals surface area contributed by atoms with E-state index in [0.29, 0.717) is 0 Å². The molecule has 0 aliphatic heterocycles. The highest BCUT2D eigenvalue weighted by Crippen LogP contribution is 2.24. The second-order valence-electron chi connectivity index (χ2n) is 6.07. The number of methoxy groups -OCH3 is 1. The number of rotatable bonds is 6. The maximum Gasteiger partial charge on any atom is 0.124 e. The van der Waals surface area contributed by atoms with Crippen LogP contribution in [0.4, 0.5) is 0 Å². The molecule has 0 aliphatic rings. The summed E-state index contributed by atoms with van der Waals surface area (Å²) in [6, 6.07) is 4.39. The fourth-order valence-electron chi connectivity index (χ4n) is 2.13. The number of likely N-dealkylation sites (N-methyl/N-ethyl adjacent to an activating group) is 1. The van der Waals surface area contributed by atoms with Crippen LogP contribution in [0.2, 0.25) is 0 Å². The van der Waals surface area contributed by atoms with E-state index in [1.807, 2.05) is 0 Å². The highest BCUT2D eigenvalue weighted by atomic mass is 16.5. The van der Waals surface area contributed by atoms with Gasteiger partial charge in [-0.3, -0.25) is 0 Å². The first kappa shape index (κ1) is 16.0. The van der Waals surface area contributed by atoms with E-state index in [0.717, 1.165) is 18.8 Å². The Kier molecular flexibility index (Phi) is 5.39. The number of nitrogens with one attached hydrogen (secondary N) is 1. The SMILES string of the molecule is COc1c(C)cc(CNCC(C)(C)N(C)C)cc1C. The number of nitrogens with zero attached hydrogens (tertiary/aromatic N) is 1. The van der Waals surface area contributed by atoms with Crippen molar-refractivity contribution in [3.8, 4) is 5.75 Å². The molecule has 108 valence electrons. The van der Waals surface area contributed by atoms with E-state index in [4.69, 9.17) is 4.74 Å². The summed E-state index contributed by atoms with van der Waals surface area (Å²) in [4.78, 5) is 2.24. The minimum absolute atomic E-state index is 0.163. The topological polar surface area (TPSA) is 24.5 Å². The molecule has 0 saturated heterocycles. The first-order valence-corrected chi connectivity index (χ1v) is 6.80. The Hall–Kier alpha value is -1.06. The van der Waals surface area contributed by atoms with Gasteiger partial charge in [-0.2, -0.15) is 0 Å². The van der Waals surface area contributed by atoms with Gasteiger partial charge in [0.2, 0.25) is 0 Å². The zero-order valence-corrected chi connectivity index (χ0v) is 13.4. The third kappa shape index (κ3) is 4.22. The van der Waals surface area contributed by atoms with Crippen LogP contribution in [0.25, 0.3) is 0 Å². The van der Waals surface area contributed by atoms with Gasteiger partial charge >= 0.3 is 0 Å². The molecule has 0 unspecified atom stereocenters. The number of ether oxygens (including phenoxy) is 1. The van der Waals surface area contributed by atoms with Gasteiger partial charge in [-0.25, -0.2) is 0 Å². The average molecular weight is 264 g/mol. The van der Waals surface area contributed by atoms with Crippen molar-refractivity contribution in [1.82, 2.24) is 10.2 Å². The molecule has 1 aromatic rings. The van der Waals surface area contributed by atoms with E-state index in [9.17, 15) is 0 Å². The minimum atomic E-state index is 0.163. The highest BCUT2D eigenvalue weighted by molar-refractivity contribution is 5.43. The molecule has 0 bridgehead atoms. The molecule has 0 atom stereocenters. The maximum atomic E-state index is 5.39. The average Bonchev–Trinajstić information content (AvgIpc) is 2.28. The van der Waals surface area contributed by atoms with Crippen LogP contribution in [0.5, 0.6) is 5.75 Å². The fraction of sp³-hybridized carbons (Fsp3) is 0.625. The van der Waals surface area contributed by atoms with E-state index in [-0.39, 0.29) is 5.54 Å². The standard InChI is InChI=1S/C16H28N2O/c1-12-8-14(9-13(2)15(12)19-7)10-17-11-16(3,4)18(5)6/h8-9,17H,10-11H2,1-7H3. The third-order valence-corrected chi connectivity index (χ3v) is 3.82. The van der Waals surface area contributed by atoms with Gasteiger partial charge in [-0.05, 0) is 58.5 Å². The summed E-state index contributed by atoms with van der Waals surface area (Å²) in [5.41, 5.74) is 3.87. The lowest BCUT2D eigenvalue weighted by Crippen LogP contribution is -2.46. The quantitative estimate of drug-likeness (QED) is 0.855. The molecule has 0 heterocycles. The van der Waals surface area contributed by atoms with E-state index < -0.39 is 0 Å². The molecular weight excluding hydrogens is 236 g/mol. The monoisotopic (exact) mass is 264 g/mol. The van der Waals surface area contributed by atoms with Crippen molar-refractivity contribution in [3.63, 3.8) is 0 Å². The molecule has 0 aromatic heterocycles. The van der Waals surface area contributed by atoms with E-state index in [1.165, 1.54) is 16.7 Å². The molecule has 3 heteroatoms. The van der Waals surface area contributed by atoms with Crippen LogP contribution in [0, 0.1) is 13.8 Å². The maximum absolute atomic E-state index is 5.39. The van der Waals surface area contributed by atoms with Crippen molar-refractivity contribution in [2.75, 3.05) is 27.7 Å². The summed E-state index contributed by atoms with van der Waals surface area (Å²) < 4.78 is 5.39. The predicted molar refractivity (Wildman–Crippen MR) is 81.9 cm³/mol. The Morgan fingerprint density at radius 2 is 1.68 bits per heavy atom. The lowest BCUT2D eigenvalue weighted by Gasteiger charge is -2.32. The third-order valence-electron chi connectivity index (χ3n) is 3.82. The minimum Gasteiger partial charge on any atom is -0.496 e. The first-order valence-electron chi connectivity index (χ1n) is 6.80. The summed E-state index contributed by atoms with van der Waals surface area (Å²) in [5.74, 6) is 0.998. The Balaban J connectivity index is 2.65. The van der Waals surface area contributed by atoms with E-state index in [2.05, 4.69) is 64.1 Å². The first-order chi connectivity index (χ1) is 8.77. The normalized spacial score (nSPS) is 12.0. The van der Waals surface area contributed by atoms with Crippen molar-refractivity contribution in [2.24, 2.45) is 0 Å². The molecule has 0 aliphatic carbocycles. The summed E-state index contributed by atoms with van der Waals surface area (Å²) in [6.07, 6.45) is 0. The highest BCUT2D eigenvalue weighted by Gasteiger charge is 2.19. The van der Waals surface area contributed by atoms with Gasteiger partial charge in [0.25, 0.3) is 0 Å². The summed E-state index contributed by atoms with van der Waals surface area (Å²) in [5, 5.41) is 3.53. The van der Waals surface area contributed by atoms with Crippen molar-refractivity contribution < 1.29 is 4.74 Å². The molecule has 1 N–H and O–H groups in total. The summed E-state index contributed by atoms with van der Waals surface area (Å²) >= 11 is 0. The number of hydrogen-bond donors (Lipinski definition) is 1. The lowest BCUT2D eigenvalue weighted by atomic mass is 10.0. The molecule has 3 nitrogen and oxygen atoms in total. The molecule has 0 radical (unpaired) electrons. The van der Waals surface area contributed by atoms with Crippen molar-refractivity contribution in [3.05, 3.63) is 28.8 Å². The predicted octanol–water partition coefficient (Wildman–Crippen LogP) is 2.74. The van der Waals surface area contributed by atoms with Crippen molar-refractivity contribution in [2.45, 2.75) is 39.8 Å². The lowest BCUT2D eigenvalue weighted by molar-refractivity contribution is 0.190. The van der Waals surface area contributed by atoms with E-state index >= 15 is 0 Å². The van der Waals surface area contributed by atoms with Crippen LogP contribution >= 0.6 is 0 Å². The fourth-order valence-corrected chi connectivity index (χ4v) is 2.13. The molecular formula is C16H28N2O. The van der Waals surface area contributed by atoms with Gasteiger partial charge in [-0.1, -0.05) is 12.1 Å². The van der Waals surface area contributed by atoms with Crippen LogP contribution < -0.4 is 10.1 Å². The molecule has 19 heavy (non-hydrogen) atoms. The van der Waals surface area contributed by atoms with Crippen LogP contribution in [0.3, 0.4) is 0 Å². The Morgan fingerprint density at radius 1 is 1.16 bits per heavy atom. The second-order valence-corrected chi connectivity index (χ2v) is 6.07. The molecule has 0 spiro atoms. The van der Waals surface area contributed by atoms with Crippen LogP contribution in [0.1, 0.15) is 30.5 Å². The van der Waals surface area contributed by atoms with Crippen LogP contribution in [0.15, 0.2) is 12.1 Å². The van der Waals surface area contributed by atoms with Crippen molar-refractivity contribution in [1.29, 1.82) is 0 Å². The number of hydrogen-bond acceptors (Lipinski definition) is 3. The summed E-state index contributed by atoms with van der Waals surface area (Å²) in [6.45, 7) is 10.5. The molecule has 0 saturated carbocycles. The Morgan fingerprint density at radius 3 is 2.11 bits per heavy atom. The zero-order valence-electron chi connectivity index (χ0n) is 13.4. The van der Waals surface area contributed by atoms with Gasteiger partial charge in [0.15, 0.2) is 0 Å². The van der Waals surface area contributed by atoms with Gasteiger partial charge in [0.1, 0.15) is 5.75 Å². The van der Waals surface area contributed by atoms with E-state index in [1.54, 1.807) is 7.11 Å². The molecule has 1 rings (SSSR count). The van der Waals surface area contributed by atoms with Crippen molar-refractivity contribution >= 4 is 0 Å². The van der Waals surface area contributed by atoms with Gasteiger partial charge in [0.05, 0.1) is 7.11 Å². The smallest absolute Gasteiger partial charge is 0.124 e. The Labute approximate surface area is 118 Å². The van der Waals surface area contributed by atoms with Gasteiger partial charge in [-0.15, -0.1) is 0 Å². The molecule has 0 amide bonds. The summed E-state index contributed by atoms with van der Waals surface area (Å²) in [7, 11) is 5.96.